The lowest BCUT2D eigenvalue weighted by Gasteiger charge is -2.12. The van der Waals surface area contributed by atoms with Gasteiger partial charge in [-0.1, -0.05) is 48.1 Å². The highest BCUT2D eigenvalue weighted by Crippen LogP contribution is 2.07. The van der Waals surface area contributed by atoms with Crippen molar-refractivity contribution in [2.24, 2.45) is 0 Å². The Bertz CT molecular complexity index is 343. The maximum Gasteiger partial charge on any atom is 0.0572 e. The van der Waals surface area contributed by atoms with Crippen molar-refractivity contribution < 1.29 is 4.84 Å². The summed E-state index contributed by atoms with van der Waals surface area (Å²) in [6.07, 6.45) is 5.05. The minimum Gasteiger partial charge on any atom is -0.305 e. The molecule has 2 nitrogen and oxygen atoms in total. The van der Waals surface area contributed by atoms with Crippen molar-refractivity contribution in [2.75, 3.05) is 7.11 Å². The highest BCUT2D eigenvalue weighted by atomic mass is 16.6. The molecule has 0 aromatic heterocycles. The summed E-state index contributed by atoms with van der Waals surface area (Å²) in [6.45, 7) is 5.92. The van der Waals surface area contributed by atoms with Gasteiger partial charge < -0.3 is 4.84 Å². The van der Waals surface area contributed by atoms with Gasteiger partial charge in [0.15, 0.2) is 0 Å². The van der Waals surface area contributed by atoms with Gasteiger partial charge in [-0.05, 0) is 18.9 Å². The molecule has 0 aliphatic rings. The van der Waals surface area contributed by atoms with Crippen molar-refractivity contribution in [2.45, 2.75) is 19.4 Å². The molecule has 0 amide bonds. The van der Waals surface area contributed by atoms with E-state index in [1.807, 2.05) is 25.1 Å². The summed E-state index contributed by atoms with van der Waals surface area (Å²) in [7, 11) is 1.63. The van der Waals surface area contributed by atoms with Gasteiger partial charge in [-0.25, -0.2) is 0 Å². The maximum absolute atomic E-state index is 4.95. The molecule has 0 spiro atoms. The largest absolute Gasteiger partial charge is 0.305 e. The van der Waals surface area contributed by atoms with Gasteiger partial charge in [0, 0.05) is 0 Å². The summed E-state index contributed by atoms with van der Waals surface area (Å²) < 4.78 is 0. The van der Waals surface area contributed by atoms with Crippen LogP contribution >= 0.6 is 0 Å². The fourth-order valence-electron chi connectivity index (χ4n) is 1.47. The van der Waals surface area contributed by atoms with Crippen molar-refractivity contribution in [1.82, 2.24) is 5.48 Å². The van der Waals surface area contributed by atoms with E-state index in [1.54, 1.807) is 7.11 Å². The van der Waals surface area contributed by atoms with Gasteiger partial charge in [0.2, 0.25) is 0 Å². The third kappa shape index (κ3) is 4.91. The third-order valence-corrected chi connectivity index (χ3v) is 2.16. The number of nitrogens with one attached hydrogen (secondary N) is 1. The molecule has 1 unspecified atom stereocenters. The van der Waals surface area contributed by atoms with Gasteiger partial charge in [0.25, 0.3) is 0 Å². The Kier molecular flexibility index (Phi) is 5.54. The molecular weight excluding hydrogens is 198 g/mol. The first-order valence-electron chi connectivity index (χ1n) is 5.38. The second kappa shape index (κ2) is 6.99. The van der Waals surface area contributed by atoms with Gasteiger partial charge in [0.05, 0.1) is 13.2 Å². The quantitative estimate of drug-likeness (QED) is 0.583. The molecule has 0 saturated heterocycles. The van der Waals surface area contributed by atoms with Gasteiger partial charge in [0.1, 0.15) is 0 Å². The molecule has 0 aliphatic heterocycles. The molecule has 0 aliphatic carbocycles. The average Bonchev–Trinajstić information content (AvgIpc) is 2.27. The number of hydrogen-bond donors (Lipinski definition) is 1. The zero-order chi connectivity index (χ0) is 11.8. The summed E-state index contributed by atoms with van der Waals surface area (Å²) in [4.78, 5) is 4.95. The Hall–Kier alpha value is -1.38. The lowest BCUT2D eigenvalue weighted by molar-refractivity contribution is 0.0740. The number of benzene rings is 1. The van der Waals surface area contributed by atoms with Crippen molar-refractivity contribution >= 4 is 6.08 Å². The van der Waals surface area contributed by atoms with Crippen molar-refractivity contribution in [3.63, 3.8) is 0 Å². The monoisotopic (exact) mass is 217 g/mol. The van der Waals surface area contributed by atoms with E-state index in [0.717, 1.165) is 12.0 Å². The summed E-state index contributed by atoms with van der Waals surface area (Å²) >= 11 is 0. The van der Waals surface area contributed by atoms with Crippen molar-refractivity contribution in [3.05, 3.63) is 54.1 Å². The van der Waals surface area contributed by atoms with E-state index in [0.29, 0.717) is 0 Å². The Morgan fingerprint density at radius 3 is 2.69 bits per heavy atom. The molecule has 1 N–H and O–H groups in total. The summed E-state index contributed by atoms with van der Waals surface area (Å²) in [6, 6.07) is 10.4. The SMILES string of the molecule is C=C(C)CC(/C=C/c1ccccc1)NOC. The topological polar surface area (TPSA) is 21.3 Å². The fraction of sp³-hybridized carbons (Fsp3) is 0.286. The molecule has 16 heavy (non-hydrogen) atoms. The number of hydrogen-bond acceptors (Lipinski definition) is 2. The van der Waals surface area contributed by atoms with Crippen LogP contribution in [0.4, 0.5) is 0 Å². The molecule has 1 rings (SSSR count). The average molecular weight is 217 g/mol. The van der Waals surface area contributed by atoms with Crippen LogP contribution in [0.2, 0.25) is 0 Å². The molecule has 1 aromatic rings. The highest BCUT2D eigenvalue weighted by Gasteiger charge is 2.03. The van der Waals surface area contributed by atoms with Crippen LogP contribution in [0.25, 0.3) is 6.08 Å². The van der Waals surface area contributed by atoms with Crippen LogP contribution < -0.4 is 5.48 Å². The lowest BCUT2D eigenvalue weighted by atomic mass is 10.1. The van der Waals surface area contributed by atoms with Gasteiger partial charge in [-0.2, -0.15) is 5.48 Å². The molecule has 1 aromatic carbocycles. The zero-order valence-electron chi connectivity index (χ0n) is 9.94. The van der Waals surface area contributed by atoms with Crippen LogP contribution in [-0.4, -0.2) is 13.2 Å². The Labute approximate surface area is 97.6 Å². The van der Waals surface area contributed by atoms with Crippen LogP contribution in [0.1, 0.15) is 18.9 Å². The third-order valence-electron chi connectivity index (χ3n) is 2.16. The van der Waals surface area contributed by atoms with E-state index in [2.05, 4.69) is 36.3 Å². The van der Waals surface area contributed by atoms with E-state index < -0.39 is 0 Å². The van der Waals surface area contributed by atoms with Crippen LogP contribution in [0, 0.1) is 0 Å². The molecule has 0 saturated carbocycles. The fourth-order valence-corrected chi connectivity index (χ4v) is 1.47. The molecule has 86 valence electrons. The standard InChI is InChI=1S/C14H19NO/c1-12(2)11-14(15-16-3)10-9-13-7-5-4-6-8-13/h4-10,14-15H,1,11H2,2-3H3/b10-9+. The van der Waals surface area contributed by atoms with E-state index in [9.17, 15) is 0 Å². The summed E-state index contributed by atoms with van der Waals surface area (Å²) in [5, 5.41) is 0. The van der Waals surface area contributed by atoms with Crippen LogP contribution in [-0.2, 0) is 4.84 Å². The molecular formula is C14H19NO. The molecule has 0 bridgehead atoms. The predicted molar refractivity (Wildman–Crippen MR) is 68.8 cm³/mol. The van der Waals surface area contributed by atoms with Crippen LogP contribution in [0.15, 0.2) is 48.6 Å². The molecule has 0 radical (unpaired) electrons. The number of hydroxylamine groups is 1. The van der Waals surface area contributed by atoms with Gasteiger partial charge in [-0.3, -0.25) is 0 Å². The Morgan fingerprint density at radius 2 is 2.12 bits per heavy atom. The predicted octanol–water partition coefficient (Wildman–Crippen LogP) is 3.19. The normalized spacial score (nSPS) is 12.9. The van der Waals surface area contributed by atoms with Gasteiger partial charge in [-0.15, -0.1) is 6.58 Å². The second-order valence-electron chi connectivity index (χ2n) is 3.86. The first kappa shape index (κ1) is 12.7. The first-order valence-corrected chi connectivity index (χ1v) is 5.38. The minimum atomic E-state index is 0.169. The minimum absolute atomic E-state index is 0.169. The highest BCUT2D eigenvalue weighted by molar-refractivity contribution is 5.49. The van der Waals surface area contributed by atoms with Crippen molar-refractivity contribution in [1.29, 1.82) is 0 Å². The van der Waals surface area contributed by atoms with Crippen molar-refractivity contribution in [3.8, 4) is 0 Å². The zero-order valence-corrected chi connectivity index (χ0v) is 9.94. The van der Waals surface area contributed by atoms with E-state index in [-0.39, 0.29) is 6.04 Å². The van der Waals surface area contributed by atoms with E-state index in [1.165, 1.54) is 5.56 Å². The van der Waals surface area contributed by atoms with Crippen LogP contribution in [0.3, 0.4) is 0 Å². The molecule has 2 heteroatoms. The maximum atomic E-state index is 4.95. The van der Waals surface area contributed by atoms with Crippen LogP contribution in [0.5, 0.6) is 0 Å². The molecule has 0 fully saturated rings. The number of rotatable bonds is 6. The molecule has 0 heterocycles. The lowest BCUT2D eigenvalue weighted by Crippen LogP contribution is -2.25. The van der Waals surface area contributed by atoms with E-state index in [4.69, 9.17) is 4.84 Å². The van der Waals surface area contributed by atoms with Gasteiger partial charge >= 0.3 is 0 Å². The summed E-state index contributed by atoms with van der Waals surface area (Å²) in [5.41, 5.74) is 5.26. The first-order chi connectivity index (χ1) is 7.72. The Balaban J connectivity index is 2.60. The smallest absolute Gasteiger partial charge is 0.0572 e. The Morgan fingerprint density at radius 1 is 1.44 bits per heavy atom. The molecule has 1 atom stereocenters. The summed E-state index contributed by atoms with van der Waals surface area (Å²) in [5.74, 6) is 0. The van der Waals surface area contributed by atoms with E-state index >= 15 is 0 Å². The second-order valence-corrected chi connectivity index (χ2v) is 3.86.